The summed E-state index contributed by atoms with van der Waals surface area (Å²) in [6.07, 6.45) is 3.19. The number of H-pyrrole nitrogens is 1. The van der Waals surface area contributed by atoms with Gasteiger partial charge in [-0.2, -0.15) is 0 Å². The quantitative estimate of drug-likeness (QED) is 0.558. The molecule has 0 aliphatic carbocycles. The topological polar surface area (TPSA) is 97.0 Å². The van der Waals surface area contributed by atoms with Gasteiger partial charge in [-0.15, -0.1) is 0 Å². The van der Waals surface area contributed by atoms with Crippen molar-refractivity contribution in [3.05, 3.63) is 53.6 Å². The van der Waals surface area contributed by atoms with E-state index in [9.17, 15) is 8.42 Å². The Morgan fingerprint density at radius 2 is 1.93 bits per heavy atom. The van der Waals surface area contributed by atoms with Crippen molar-refractivity contribution in [3.63, 3.8) is 0 Å². The fourth-order valence-corrected chi connectivity index (χ4v) is 4.60. The first-order valence-corrected chi connectivity index (χ1v) is 11.2. The van der Waals surface area contributed by atoms with Crippen molar-refractivity contribution in [1.82, 2.24) is 19.7 Å². The summed E-state index contributed by atoms with van der Waals surface area (Å²) in [7, 11) is -2.04. The molecule has 0 amide bonds. The zero-order valence-electron chi connectivity index (χ0n) is 17.3. The molecule has 0 aliphatic rings. The van der Waals surface area contributed by atoms with Gasteiger partial charge in [-0.3, -0.25) is 4.98 Å². The van der Waals surface area contributed by atoms with Crippen LogP contribution in [0.25, 0.3) is 11.0 Å². The normalized spacial score (nSPS) is 14.2. The number of nitrogens with one attached hydrogen (secondary N) is 2. The molecule has 1 unspecified atom stereocenters. The van der Waals surface area contributed by atoms with Crippen LogP contribution in [0.15, 0.2) is 41.4 Å². The number of sulfonamides is 1. The van der Waals surface area contributed by atoms with Crippen LogP contribution < -0.4 is 4.72 Å². The van der Waals surface area contributed by atoms with Crippen molar-refractivity contribution in [3.8, 4) is 0 Å². The minimum absolute atomic E-state index is 0.174. The summed E-state index contributed by atoms with van der Waals surface area (Å²) in [4.78, 5) is 12.4. The summed E-state index contributed by atoms with van der Waals surface area (Å²) in [5, 5.41) is 0. The third-order valence-corrected chi connectivity index (χ3v) is 6.69. The fraction of sp³-hybridized carbons (Fsp3) is 0.429. The zero-order valence-corrected chi connectivity index (χ0v) is 18.1. The van der Waals surface area contributed by atoms with E-state index in [1.54, 1.807) is 25.4 Å². The Hall–Kier alpha value is -2.29. The molecule has 0 fully saturated rings. The average Bonchev–Trinajstić information content (AvgIpc) is 3.08. The molecule has 2 heterocycles. The highest BCUT2D eigenvalue weighted by atomic mass is 32.2. The van der Waals surface area contributed by atoms with Crippen molar-refractivity contribution < 1.29 is 13.2 Å². The summed E-state index contributed by atoms with van der Waals surface area (Å²) in [5.41, 5.74) is 3.63. The summed E-state index contributed by atoms with van der Waals surface area (Å²) in [6.45, 7) is 6.29. The molecular formula is C21H28N4O3S. The van der Waals surface area contributed by atoms with Gasteiger partial charge in [0, 0.05) is 25.8 Å². The molecule has 3 aromatic rings. The summed E-state index contributed by atoms with van der Waals surface area (Å²) < 4.78 is 33.6. The lowest BCUT2D eigenvalue weighted by Gasteiger charge is -2.23. The lowest BCUT2D eigenvalue weighted by Crippen LogP contribution is -2.42. The van der Waals surface area contributed by atoms with Crippen LogP contribution in [-0.4, -0.2) is 43.1 Å². The molecule has 1 aromatic carbocycles. The number of nitrogens with zero attached hydrogens (tertiary/aromatic N) is 2. The first kappa shape index (κ1) is 21.4. The van der Waals surface area contributed by atoms with E-state index < -0.39 is 10.0 Å². The number of rotatable bonds is 9. The Morgan fingerprint density at radius 3 is 2.59 bits per heavy atom. The Bertz CT molecular complexity index is 1060. The second-order valence-electron chi connectivity index (χ2n) is 7.37. The summed E-state index contributed by atoms with van der Waals surface area (Å²) in [6, 6.07) is 8.54. The van der Waals surface area contributed by atoms with Crippen molar-refractivity contribution in [2.45, 2.75) is 44.6 Å². The zero-order chi connectivity index (χ0) is 21.0. The molecule has 0 saturated carbocycles. The molecule has 0 spiro atoms. The molecule has 2 atom stereocenters. The first-order chi connectivity index (χ1) is 13.8. The molecule has 156 valence electrons. The van der Waals surface area contributed by atoms with E-state index in [1.165, 1.54) is 0 Å². The highest BCUT2D eigenvalue weighted by molar-refractivity contribution is 7.89. The first-order valence-electron chi connectivity index (χ1n) is 9.74. The number of ether oxygens (including phenoxy) is 1. The van der Waals surface area contributed by atoms with Gasteiger partial charge in [0.1, 0.15) is 11.3 Å². The molecule has 2 aromatic heterocycles. The predicted molar refractivity (Wildman–Crippen MR) is 113 cm³/mol. The van der Waals surface area contributed by atoms with Gasteiger partial charge in [-0.25, -0.2) is 18.1 Å². The van der Waals surface area contributed by atoms with E-state index in [0.717, 1.165) is 34.5 Å². The van der Waals surface area contributed by atoms with Gasteiger partial charge in [0.25, 0.3) is 0 Å². The number of aromatic amines is 1. The van der Waals surface area contributed by atoms with Crippen LogP contribution in [0, 0.1) is 12.8 Å². The molecule has 3 rings (SSSR count). The summed E-state index contributed by atoms with van der Waals surface area (Å²) >= 11 is 0. The van der Waals surface area contributed by atoms with Gasteiger partial charge in [0.2, 0.25) is 10.0 Å². The minimum atomic E-state index is -3.62. The van der Waals surface area contributed by atoms with Crippen LogP contribution in [0.1, 0.15) is 37.4 Å². The van der Waals surface area contributed by atoms with Crippen molar-refractivity contribution in [2.75, 3.05) is 13.7 Å². The molecule has 0 saturated heterocycles. The van der Waals surface area contributed by atoms with Gasteiger partial charge in [-0.1, -0.05) is 32.4 Å². The van der Waals surface area contributed by atoms with Crippen molar-refractivity contribution in [1.29, 1.82) is 0 Å². The number of fused-ring (bicyclic) bond motifs is 1. The second-order valence-corrected chi connectivity index (χ2v) is 9.08. The number of imidazole rings is 1. The average molecular weight is 417 g/mol. The molecule has 2 N–H and O–H groups in total. The third kappa shape index (κ3) is 5.01. The maximum Gasteiger partial charge on any atom is 0.240 e. The highest BCUT2D eigenvalue weighted by Crippen LogP contribution is 2.19. The van der Waals surface area contributed by atoms with E-state index in [0.29, 0.717) is 13.0 Å². The van der Waals surface area contributed by atoms with Crippen LogP contribution >= 0.6 is 0 Å². The van der Waals surface area contributed by atoms with Crippen LogP contribution in [0.3, 0.4) is 0 Å². The Labute approximate surface area is 172 Å². The number of pyridine rings is 1. The number of aryl methyl sites for hydroxylation is 1. The Balaban J connectivity index is 1.78. The lowest BCUT2D eigenvalue weighted by atomic mass is 10.0. The number of hydrogen-bond acceptors (Lipinski definition) is 5. The molecule has 0 radical (unpaired) electrons. The Kier molecular flexibility index (Phi) is 6.66. The molecule has 29 heavy (non-hydrogen) atoms. The maximum atomic E-state index is 12.8. The molecule has 0 aliphatic heterocycles. The number of methoxy groups -OCH3 is 1. The van der Waals surface area contributed by atoms with Gasteiger partial charge in [0.05, 0.1) is 22.7 Å². The van der Waals surface area contributed by atoms with E-state index in [4.69, 9.17) is 4.74 Å². The van der Waals surface area contributed by atoms with E-state index >= 15 is 0 Å². The van der Waals surface area contributed by atoms with Gasteiger partial charge in [0.15, 0.2) is 0 Å². The SMILES string of the molecule is CC[C@H](C)C(COC)NS(=O)(=O)c1ccc(Cc2nccc3[nH]c(C)nc23)cc1. The smallest absolute Gasteiger partial charge is 0.240 e. The van der Waals surface area contributed by atoms with Gasteiger partial charge in [-0.05, 0) is 36.6 Å². The third-order valence-electron chi connectivity index (χ3n) is 5.18. The lowest BCUT2D eigenvalue weighted by molar-refractivity contribution is 0.152. The number of benzene rings is 1. The standard InChI is InChI=1S/C21H28N4O3S/c1-5-14(2)20(13-28-4)25-29(26,27)17-8-6-16(7-9-17)12-19-21-18(10-11-22-19)23-15(3)24-21/h6-11,14,20,25H,5,12-13H2,1-4H3,(H,23,24)/t14-,20?/m0/s1. The monoisotopic (exact) mass is 416 g/mol. The van der Waals surface area contributed by atoms with Gasteiger partial charge >= 0.3 is 0 Å². The Morgan fingerprint density at radius 1 is 1.21 bits per heavy atom. The highest BCUT2D eigenvalue weighted by Gasteiger charge is 2.23. The van der Waals surface area contributed by atoms with E-state index in [2.05, 4.69) is 19.7 Å². The van der Waals surface area contributed by atoms with E-state index in [-0.39, 0.29) is 16.9 Å². The molecular weight excluding hydrogens is 388 g/mol. The number of hydrogen-bond donors (Lipinski definition) is 2. The predicted octanol–water partition coefficient (Wildman–Crippen LogP) is 3.20. The summed E-state index contributed by atoms with van der Waals surface area (Å²) in [5.74, 6) is 1.02. The van der Waals surface area contributed by atoms with Gasteiger partial charge < -0.3 is 9.72 Å². The van der Waals surface area contributed by atoms with Crippen molar-refractivity contribution >= 4 is 21.1 Å². The molecule has 7 nitrogen and oxygen atoms in total. The second kappa shape index (κ2) is 9.02. The van der Waals surface area contributed by atoms with E-state index in [1.807, 2.05) is 39.0 Å². The van der Waals surface area contributed by atoms with Crippen LogP contribution in [0.5, 0.6) is 0 Å². The fourth-order valence-electron chi connectivity index (χ4n) is 3.27. The molecule has 0 bridgehead atoms. The maximum absolute atomic E-state index is 12.8. The largest absolute Gasteiger partial charge is 0.383 e. The molecule has 8 heteroatoms. The van der Waals surface area contributed by atoms with Crippen LogP contribution in [0.2, 0.25) is 0 Å². The van der Waals surface area contributed by atoms with Crippen LogP contribution in [0.4, 0.5) is 0 Å². The minimum Gasteiger partial charge on any atom is -0.383 e. The van der Waals surface area contributed by atoms with Crippen molar-refractivity contribution in [2.24, 2.45) is 5.92 Å². The number of aromatic nitrogens is 3. The van der Waals surface area contributed by atoms with Crippen LogP contribution in [-0.2, 0) is 21.2 Å².